The van der Waals surface area contributed by atoms with Crippen molar-refractivity contribution in [1.29, 1.82) is 5.26 Å². The molecule has 0 saturated heterocycles. The van der Waals surface area contributed by atoms with E-state index in [-0.39, 0.29) is 5.82 Å². The number of hydrogen-bond donors (Lipinski definition) is 0. The van der Waals surface area contributed by atoms with E-state index in [1.165, 1.54) is 12.4 Å². The molecular weight excluding hydrogens is 220 g/mol. The first-order valence-electron chi connectivity index (χ1n) is 2.83. The lowest BCUT2D eigenvalue weighted by molar-refractivity contribution is 0.964. The summed E-state index contributed by atoms with van der Waals surface area (Å²) >= 11 is 16.4. The van der Waals surface area contributed by atoms with Crippen molar-refractivity contribution < 1.29 is 0 Å². The first kappa shape index (κ1) is 9.53. The van der Waals surface area contributed by atoms with Gasteiger partial charge in [-0.05, 0) is 0 Å². The molecule has 0 unspecified atom stereocenters. The highest BCUT2D eigenvalue weighted by molar-refractivity contribution is 6.66. The maximum atomic E-state index is 8.40. The van der Waals surface area contributed by atoms with Gasteiger partial charge in [-0.1, -0.05) is 34.8 Å². The molecule has 0 saturated carbocycles. The van der Waals surface area contributed by atoms with Crippen LogP contribution in [0, 0.1) is 11.3 Å². The van der Waals surface area contributed by atoms with E-state index in [2.05, 4.69) is 9.97 Å². The third-order valence-electron chi connectivity index (χ3n) is 1.03. The molecule has 3 nitrogen and oxygen atoms in total. The number of hydrogen-bond acceptors (Lipinski definition) is 3. The maximum Gasteiger partial charge on any atom is 0.250 e. The molecule has 0 spiro atoms. The van der Waals surface area contributed by atoms with E-state index in [0.29, 0.717) is 5.56 Å². The molecule has 0 radical (unpaired) electrons. The number of aromatic nitrogens is 2. The second kappa shape index (κ2) is 3.44. The minimum absolute atomic E-state index is 0.0616. The van der Waals surface area contributed by atoms with E-state index < -0.39 is 3.79 Å². The summed E-state index contributed by atoms with van der Waals surface area (Å²) in [6.07, 6.45) is 2.59. The van der Waals surface area contributed by atoms with Gasteiger partial charge in [0.05, 0.1) is 5.56 Å². The van der Waals surface area contributed by atoms with Gasteiger partial charge in [0.15, 0.2) is 5.82 Å². The first-order valence-corrected chi connectivity index (χ1v) is 3.97. The molecule has 1 aromatic heterocycles. The van der Waals surface area contributed by atoms with Crippen LogP contribution in [0.5, 0.6) is 0 Å². The Kier molecular flexibility index (Phi) is 2.73. The molecule has 0 aliphatic carbocycles. The minimum Gasteiger partial charge on any atom is -0.236 e. The summed E-state index contributed by atoms with van der Waals surface area (Å²) in [5, 5.41) is 8.40. The third kappa shape index (κ3) is 2.21. The van der Waals surface area contributed by atoms with Crippen molar-refractivity contribution in [3.05, 3.63) is 23.8 Å². The Morgan fingerprint density at radius 1 is 1.25 bits per heavy atom. The van der Waals surface area contributed by atoms with Crippen molar-refractivity contribution in [3.8, 4) is 6.07 Å². The molecule has 12 heavy (non-hydrogen) atoms. The summed E-state index contributed by atoms with van der Waals surface area (Å²) in [6, 6.07) is 1.85. The van der Waals surface area contributed by atoms with Gasteiger partial charge in [-0.3, -0.25) is 0 Å². The smallest absolute Gasteiger partial charge is 0.236 e. The average Bonchev–Trinajstić information content (AvgIpc) is 2.03. The molecule has 0 bridgehead atoms. The van der Waals surface area contributed by atoms with Crippen molar-refractivity contribution in [3.63, 3.8) is 0 Å². The summed E-state index contributed by atoms with van der Waals surface area (Å²) in [5.74, 6) is 0.0616. The van der Waals surface area contributed by atoms with E-state index in [4.69, 9.17) is 40.1 Å². The SMILES string of the molecule is N#Cc1cnc(C(Cl)(Cl)Cl)nc1. The predicted octanol–water partition coefficient (Wildman–Crippen LogP) is 2.17. The van der Waals surface area contributed by atoms with E-state index in [0.717, 1.165) is 0 Å². The van der Waals surface area contributed by atoms with Crippen LogP contribution in [-0.2, 0) is 3.79 Å². The van der Waals surface area contributed by atoms with E-state index >= 15 is 0 Å². The molecule has 0 N–H and O–H groups in total. The highest BCUT2D eigenvalue weighted by Gasteiger charge is 2.25. The summed E-state index contributed by atoms with van der Waals surface area (Å²) in [7, 11) is 0. The highest BCUT2D eigenvalue weighted by Crippen LogP contribution is 2.35. The van der Waals surface area contributed by atoms with Gasteiger partial charge in [-0.2, -0.15) is 5.26 Å². The van der Waals surface area contributed by atoms with Crippen LogP contribution in [0.25, 0.3) is 0 Å². The van der Waals surface area contributed by atoms with Crippen molar-refractivity contribution >= 4 is 34.8 Å². The Morgan fingerprint density at radius 2 is 1.75 bits per heavy atom. The largest absolute Gasteiger partial charge is 0.250 e. The van der Waals surface area contributed by atoms with Gasteiger partial charge in [0.2, 0.25) is 3.79 Å². The van der Waals surface area contributed by atoms with Crippen LogP contribution in [0.15, 0.2) is 12.4 Å². The average molecular weight is 222 g/mol. The molecule has 6 heteroatoms. The Bertz CT molecular complexity index is 308. The van der Waals surface area contributed by atoms with Gasteiger partial charge in [0, 0.05) is 12.4 Å². The Balaban J connectivity index is 3.02. The fourth-order valence-electron chi connectivity index (χ4n) is 0.532. The number of rotatable bonds is 0. The van der Waals surface area contributed by atoms with Gasteiger partial charge >= 0.3 is 0 Å². The fraction of sp³-hybridized carbons (Fsp3) is 0.167. The highest BCUT2D eigenvalue weighted by atomic mass is 35.6. The zero-order valence-electron chi connectivity index (χ0n) is 5.63. The lowest BCUT2D eigenvalue weighted by Gasteiger charge is -2.06. The summed E-state index contributed by atoms with van der Waals surface area (Å²) in [4.78, 5) is 7.38. The quantitative estimate of drug-likeness (QED) is 0.632. The molecule has 0 atom stereocenters. The van der Waals surface area contributed by atoms with Gasteiger partial charge in [0.25, 0.3) is 0 Å². The number of halogens is 3. The molecular formula is C6H2Cl3N3. The van der Waals surface area contributed by atoms with Crippen LogP contribution in [-0.4, -0.2) is 9.97 Å². The van der Waals surface area contributed by atoms with Gasteiger partial charge in [-0.25, -0.2) is 9.97 Å². The second-order valence-electron chi connectivity index (χ2n) is 1.90. The van der Waals surface area contributed by atoms with Gasteiger partial charge < -0.3 is 0 Å². The number of nitriles is 1. The molecule has 0 aliphatic heterocycles. The maximum absolute atomic E-state index is 8.40. The second-order valence-corrected chi connectivity index (χ2v) is 4.19. The van der Waals surface area contributed by atoms with Crippen LogP contribution >= 0.6 is 34.8 Å². The van der Waals surface area contributed by atoms with E-state index in [1.54, 1.807) is 0 Å². The third-order valence-corrected chi connectivity index (χ3v) is 1.54. The van der Waals surface area contributed by atoms with Gasteiger partial charge in [-0.15, -0.1) is 0 Å². The van der Waals surface area contributed by atoms with Crippen LogP contribution in [0.1, 0.15) is 11.4 Å². The van der Waals surface area contributed by atoms with Crippen molar-refractivity contribution in [2.24, 2.45) is 0 Å². The van der Waals surface area contributed by atoms with Crippen LogP contribution in [0.4, 0.5) is 0 Å². The fourth-order valence-corrected chi connectivity index (χ4v) is 0.825. The molecule has 1 heterocycles. The molecule has 0 amide bonds. The topological polar surface area (TPSA) is 49.6 Å². The first-order chi connectivity index (χ1) is 5.54. The summed E-state index contributed by atoms with van der Waals surface area (Å²) < 4.78 is -1.63. The zero-order chi connectivity index (χ0) is 9.19. The molecule has 1 aromatic rings. The normalized spacial score (nSPS) is 10.8. The monoisotopic (exact) mass is 221 g/mol. The van der Waals surface area contributed by atoms with Crippen LogP contribution < -0.4 is 0 Å². The van der Waals surface area contributed by atoms with Crippen molar-refractivity contribution in [1.82, 2.24) is 9.97 Å². The van der Waals surface area contributed by atoms with Crippen LogP contribution in [0.2, 0.25) is 0 Å². The Morgan fingerprint density at radius 3 is 2.08 bits per heavy atom. The standard InChI is InChI=1S/C6H2Cl3N3/c7-6(8,9)5-11-2-4(1-10)3-12-5/h2-3H. The van der Waals surface area contributed by atoms with Gasteiger partial charge in [0.1, 0.15) is 6.07 Å². The number of nitrogens with zero attached hydrogens (tertiary/aromatic N) is 3. The molecule has 0 aromatic carbocycles. The Labute approximate surface area is 83.9 Å². The zero-order valence-corrected chi connectivity index (χ0v) is 7.90. The van der Waals surface area contributed by atoms with E-state index in [9.17, 15) is 0 Å². The van der Waals surface area contributed by atoms with Crippen molar-refractivity contribution in [2.75, 3.05) is 0 Å². The molecule has 1 rings (SSSR count). The van der Waals surface area contributed by atoms with E-state index in [1.807, 2.05) is 6.07 Å². The van der Waals surface area contributed by atoms with Crippen LogP contribution in [0.3, 0.4) is 0 Å². The summed E-state index contributed by atoms with van der Waals surface area (Å²) in [6.45, 7) is 0. The Hall–Kier alpha value is -0.560. The number of alkyl halides is 3. The minimum atomic E-state index is -1.63. The molecule has 0 aliphatic rings. The van der Waals surface area contributed by atoms with Crippen molar-refractivity contribution in [2.45, 2.75) is 3.79 Å². The molecule has 62 valence electrons. The summed E-state index contributed by atoms with van der Waals surface area (Å²) in [5.41, 5.74) is 0.327. The lowest BCUT2D eigenvalue weighted by Crippen LogP contribution is -2.06. The lowest BCUT2D eigenvalue weighted by atomic mass is 10.4. The molecule has 0 fully saturated rings. The predicted molar refractivity (Wildman–Crippen MR) is 46.0 cm³/mol.